The maximum absolute atomic E-state index is 10.9. The van der Waals surface area contributed by atoms with Crippen LogP contribution in [-0.2, 0) is 9.73 Å². The minimum absolute atomic E-state index is 0.258. The van der Waals surface area contributed by atoms with Gasteiger partial charge in [0.15, 0.2) is 0 Å². The highest BCUT2D eigenvalue weighted by molar-refractivity contribution is 6.35. The number of hydrogen-bond acceptors (Lipinski definition) is 4. The van der Waals surface area contributed by atoms with Crippen LogP contribution in [0.25, 0.3) is 0 Å². The van der Waals surface area contributed by atoms with E-state index in [1.807, 2.05) is 0 Å². The topological polar surface area (TPSA) is 67.6 Å². The first-order chi connectivity index (χ1) is 6.18. The molecular weight excluding hydrogens is 194 g/mol. The van der Waals surface area contributed by atoms with Crippen molar-refractivity contribution in [1.82, 2.24) is 10.5 Å². The number of primary amides is 1. The van der Waals surface area contributed by atoms with Gasteiger partial charge in [0, 0.05) is 0 Å². The van der Waals surface area contributed by atoms with Crippen LogP contribution >= 0.6 is 11.6 Å². The minimum Gasteiger partial charge on any atom is -0.366 e. The first kappa shape index (κ1) is 8.15. The summed E-state index contributed by atoms with van der Waals surface area (Å²) >= 11 is 5.76. The van der Waals surface area contributed by atoms with Gasteiger partial charge in [-0.25, -0.2) is 10.5 Å². The van der Waals surface area contributed by atoms with Crippen molar-refractivity contribution >= 4 is 17.5 Å². The summed E-state index contributed by atoms with van der Waals surface area (Å²) in [6.45, 7) is 0. The lowest BCUT2D eigenvalue weighted by Gasteiger charge is -2.17. The molecule has 68 valence electrons. The summed E-state index contributed by atoms with van der Waals surface area (Å²) in [6, 6.07) is 0. The summed E-state index contributed by atoms with van der Waals surface area (Å²) < 4.78 is 0. The summed E-state index contributed by atoms with van der Waals surface area (Å²) in [5.74, 6) is -0.561. The highest BCUT2D eigenvalue weighted by Crippen LogP contribution is 2.26. The van der Waals surface area contributed by atoms with Crippen LogP contribution in [0.2, 0.25) is 0 Å². The first-order valence-electron chi connectivity index (χ1n) is 3.49. The molecule has 0 saturated carbocycles. The van der Waals surface area contributed by atoms with E-state index in [4.69, 9.17) is 22.3 Å². The van der Waals surface area contributed by atoms with Gasteiger partial charge < -0.3 is 5.73 Å². The van der Waals surface area contributed by atoms with Crippen molar-refractivity contribution in [3.8, 4) is 0 Å². The van der Waals surface area contributed by atoms with Crippen LogP contribution in [-0.4, -0.2) is 11.0 Å². The number of allylic oxidation sites excluding steroid dienone is 1. The number of nitrogens with one attached hydrogen (secondary N) is 1. The van der Waals surface area contributed by atoms with Crippen LogP contribution in [0.15, 0.2) is 34.8 Å². The molecule has 0 aromatic rings. The zero-order valence-electron chi connectivity index (χ0n) is 6.45. The maximum atomic E-state index is 10.9. The second-order valence-electron chi connectivity index (χ2n) is 2.50. The van der Waals surface area contributed by atoms with Gasteiger partial charge in [0.05, 0.1) is 28.7 Å². The number of halogens is 1. The van der Waals surface area contributed by atoms with Gasteiger partial charge in [-0.15, -0.1) is 0 Å². The Bertz CT molecular complexity index is 359. The Morgan fingerprint density at radius 2 is 2.46 bits per heavy atom. The van der Waals surface area contributed by atoms with Crippen molar-refractivity contribution in [1.29, 1.82) is 0 Å². The molecule has 0 radical (unpaired) electrons. The van der Waals surface area contributed by atoms with Gasteiger partial charge in [0.25, 0.3) is 0 Å². The molecule has 2 aliphatic rings. The SMILES string of the molecule is NC(=O)C1=CC2=CNON2C=C1Cl. The minimum atomic E-state index is -0.561. The third kappa shape index (κ3) is 1.28. The van der Waals surface area contributed by atoms with Gasteiger partial charge in [-0.05, 0) is 6.08 Å². The number of hydroxylamine groups is 3. The fourth-order valence-corrected chi connectivity index (χ4v) is 1.28. The molecule has 0 spiro atoms. The lowest BCUT2D eigenvalue weighted by atomic mass is 10.1. The summed E-state index contributed by atoms with van der Waals surface area (Å²) in [5.41, 5.74) is 8.56. The predicted octanol–water partition coefficient (Wildman–Crippen LogP) is 0.0851. The van der Waals surface area contributed by atoms with Crippen molar-refractivity contribution in [2.24, 2.45) is 5.73 Å². The molecule has 0 atom stereocenters. The monoisotopic (exact) mass is 199 g/mol. The number of carbonyl (C=O) groups is 1. The average molecular weight is 200 g/mol. The third-order valence-corrected chi connectivity index (χ3v) is 1.96. The van der Waals surface area contributed by atoms with Gasteiger partial charge in [-0.1, -0.05) is 11.6 Å². The van der Waals surface area contributed by atoms with Crippen LogP contribution < -0.4 is 11.2 Å². The molecule has 0 aromatic carbocycles. The lowest BCUT2D eigenvalue weighted by molar-refractivity contribution is -0.116. The molecule has 13 heavy (non-hydrogen) atoms. The van der Waals surface area contributed by atoms with Crippen LogP contribution in [0.4, 0.5) is 0 Å². The van der Waals surface area contributed by atoms with Gasteiger partial charge in [-0.2, -0.15) is 4.94 Å². The fourth-order valence-electron chi connectivity index (χ4n) is 1.04. The van der Waals surface area contributed by atoms with Crippen LogP contribution in [0, 0.1) is 0 Å². The molecule has 0 aliphatic carbocycles. The quantitative estimate of drug-likeness (QED) is 0.628. The number of hydrogen-bond donors (Lipinski definition) is 2. The first-order valence-corrected chi connectivity index (χ1v) is 3.87. The second kappa shape index (κ2) is 2.79. The Kier molecular flexibility index (Phi) is 1.75. The molecule has 0 bridgehead atoms. The van der Waals surface area contributed by atoms with Crippen molar-refractivity contribution in [2.45, 2.75) is 0 Å². The molecular formula is C7H6ClN3O2. The average Bonchev–Trinajstić information content (AvgIpc) is 2.48. The molecule has 5 nitrogen and oxygen atoms in total. The highest BCUT2D eigenvalue weighted by atomic mass is 35.5. The molecule has 3 N–H and O–H groups in total. The van der Waals surface area contributed by atoms with E-state index < -0.39 is 5.91 Å². The van der Waals surface area contributed by atoms with E-state index in [0.29, 0.717) is 5.70 Å². The molecule has 6 heteroatoms. The molecule has 2 heterocycles. The van der Waals surface area contributed by atoms with Gasteiger partial charge >= 0.3 is 0 Å². The number of carbonyl (C=O) groups excluding carboxylic acids is 1. The molecule has 0 aromatic heterocycles. The largest absolute Gasteiger partial charge is 0.366 e. The Balaban J connectivity index is 2.39. The van der Waals surface area contributed by atoms with E-state index in [2.05, 4.69) is 5.48 Å². The van der Waals surface area contributed by atoms with Crippen LogP contribution in [0.5, 0.6) is 0 Å². The van der Waals surface area contributed by atoms with E-state index in [-0.39, 0.29) is 10.6 Å². The summed E-state index contributed by atoms with van der Waals surface area (Å²) in [6.07, 6.45) is 4.60. The number of amides is 1. The second-order valence-corrected chi connectivity index (χ2v) is 2.91. The molecule has 0 fully saturated rings. The van der Waals surface area contributed by atoms with E-state index in [9.17, 15) is 4.79 Å². The van der Waals surface area contributed by atoms with E-state index in [0.717, 1.165) is 0 Å². The fraction of sp³-hybridized carbons (Fsp3) is 0. The van der Waals surface area contributed by atoms with Gasteiger partial charge in [0.2, 0.25) is 5.91 Å². The Hall–Kier alpha value is -1.46. The van der Waals surface area contributed by atoms with Gasteiger partial charge in [-0.3, -0.25) is 4.79 Å². The molecule has 2 rings (SSSR count). The van der Waals surface area contributed by atoms with Gasteiger partial charge in [0.1, 0.15) is 0 Å². The molecule has 1 amide bonds. The van der Waals surface area contributed by atoms with E-state index in [1.165, 1.54) is 11.3 Å². The highest BCUT2D eigenvalue weighted by Gasteiger charge is 2.22. The summed E-state index contributed by atoms with van der Waals surface area (Å²) in [7, 11) is 0. The number of nitrogens with two attached hydrogens (primary N) is 1. The summed E-state index contributed by atoms with van der Waals surface area (Å²) in [4.78, 5) is 15.8. The number of nitrogens with zero attached hydrogens (tertiary/aromatic N) is 1. The predicted molar refractivity (Wildman–Crippen MR) is 45.4 cm³/mol. The summed E-state index contributed by atoms with van der Waals surface area (Å²) in [5, 5.41) is 1.66. The van der Waals surface area contributed by atoms with E-state index >= 15 is 0 Å². The standard InChI is InChI=1S/C7H6ClN3O2/c8-6-3-11-4(2-10-13-11)1-5(6)7(9)12/h1-3,10H,(H2,9,12). The Morgan fingerprint density at radius 3 is 3.15 bits per heavy atom. The lowest BCUT2D eigenvalue weighted by Crippen LogP contribution is -2.22. The van der Waals surface area contributed by atoms with Crippen molar-refractivity contribution in [3.05, 3.63) is 34.8 Å². The zero-order valence-corrected chi connectivity index (χ0v) is 7.21. The van der Waals surface area contributed by atoms with Crippen molar-refractivity contribution < 1.29 is 9.73 Å². The number of rotatable bonds is 1. The molecule has 2 aliphatic heterocycles. The van der Waals surface area contributed by atoms with Crippen molar-refractivity contribution in [2.75, 3.05) is 0 Å². The van der Waals surface area contributed by atoms with E-state index in [1.54, 1.807) is 12.3 Å². The number of fused-ring (bicyclic) bond motifs is 1. The molecule has 0 saturated heterocycles. The van der Waals surface area contributed by atoms with Crippen LogP contribution in [0.3, 0.4) is 0 Å². The third-order valence-electron chi connectivity index (χ3n) is 1.66. The Morgan fingerprint density at radius 1 is 1.69 bits per heavy atom. The maximum Gasteiger partial charge on any atom is 0.250 e. The smallest absolute Gasteiger partial charge is 0.250 e. The molecule has 0 unspecified atom stereocenters. The van der Waals surface area contributed by atoms with Crippen LogP contribution in [0.1, 0.15) is 0 Å². The van der Waals surface area contributed by atoms with Crippen molar-refractivity contribution in [3.63, 3.8) is 0 Å². The normalized spacial score (nSPS) is 19.8. The Labute approximate surface area is 79.0 Å². The zero-order chi connectivity index (χ0) is 9.42.